The molecule has 29 heavy (non-hydrogen) atoms. The van der Waals surface area contributed by atoms with Crippen molar-refractivity contribution in [1.29, 1.82) is 0 Å². The van der Waals surface area contributed by atoms with E-state index in [-0.39, 0.29) is 36.8 Å². The molecule has 0 saturated heterocycles. The van der Waals surface area contributed by atoms with Crippen molar-refractivity contribution < 1.29 is 23.2 Å². The third kappa shape index (κ3) is 3.77. The van der Waals surface area contributed by atoms with E-state index in [9.17, 15) is 23.2 Å². The summed E-state index contributed by atoms with van der Waals surface area (Å²) in [6, 6.07) is 11.7. The molecule has 10 heteroatoms. The first-order valence-corrected chi connectivity index (χ1v) is 10.8. The summed E-state index contributed by atoms with van der Waals surface area (Å²) in [6.07, 6.45) is 0. The smallest absolute Gasteiger partial charge is 0.283 e. The van der Waals surface area contributed by atoms with Crippen molar-refractivity contribution in [3.8, 4) is 11.5 Å². The highest BCUT2D eigenvalue weighted by Gasteiger charge is 2.51. The molecule has 0 heterocycles. The molecule has 3 aromatic carbocycles. The van der Waals surface area contributed by atoms with Gasteiger partial charge in [0.15, 0.2) is 4.75 Å². The lowest BCUT2D eigenvalue weighted by molar-refractivity contribution is 0.431. The van der Waals surface area contributed by atoms with Crippen molar-refractivity contribution in [1.82, 2.24) is 0 Å². The van der Waals surface area contributed by atoms with Gasteiger partial charge in [0.05, 0.1) is 5.02 Å². The van der Waals surface area contributed by atoms with Crippen molar-refractivity contribution in [2.45, 2.75) is 4.75 Å². The van der Waals surface area contributed by atoms with Crippen LogP contribution >= 0.6 is 46.4 Å². The van der Waals surface area contributed by atoms with Crippen molar-refractivity contribution in [3.63, 3.8) is 0 Å². The van der Waals surface area contributed by atoms with Crippen LogP contribution < -0.4 is 0 Å². The van der Waals surface area contributed by atoms with Crippen molar-refractivity contribution in [2.75, 3.05) is 0 Å². The first kappa shape index (κ1) is 22.0. The summed E-state index contributed by atoms with van der Waals surface area (Å²) in [7, 11) is -5.10. The zero-order chi connectivity index (χ0) is 21.6. The minimum atomic E-state index is -5.10. The Morgan fingerprint density at radius 3 is 1.86 bits per heavy atom. The summed E-state index contributed by atoms with van der Waals surface area (Å²) >= 11 is 24.5. The summed E-state index contributed by atoms with van der Waals surface area (Å²) in [5.41, 5.74) is -0.531. The Morgan fingerprint density at radius 1 is 0.724 bits per heavy atom. The number of halogens is 4. The molecule has 152 valence electrons. The molecule has 3 N–H and O–H groups in total. The van der Waals surface area contributed by atoms with E-state index >= 15 is 0 Å². The summed E-state index contributed by atoms with van der Waals surface area (Å²) in [6.45, 7) is 0. The van der Waals surface area contributed by atoms with E-state index in [1.165, 1.54) is 36.4 Å². The van der Waals surface area contributed by atoms with E-state index < -0.39 is 26.4 Å². The maximum Gasteiger partial charge on any atom is 0.283 e. The molecule has 0 saturated carbocycles. The van der Waals surface area contributed by atoms with Gasteiger partial charge in [-0.1, -0.05) is 64.6 Å². The van der Waals surface area contributed by atoms with Gasteiger partial charge in [-0.15, -0.1) is 0 Å². The molecule has 0 aliphatic heterocycles. The topological polar surface area (TPSA) is 94.8 Å². The highest BCUT2D eigenvalue weighted by molar-refractivity contribution is 7.87. The molecule has 1 atom stereocenters. The minimum Gasteiger partial charge on any atom is -0.507 e. The summed E-state index contributed by atoms with van der Waals surface area (Å²) in [5, 5.41) is 20.2. The fourth-order valence-electron chi connectivity index (χ4n) is 3.22. The van der Waals surface area contributed by atoms with Gasteiger partial charge in [-0.05, 0) is 35.9 Å². The lowest BCUT2D eigenvalue weighted by atomic mass is 9.83. The van der Waals surface area contributed by atoms with Crippen LogP contribution in [0.5, 0.6) is 11.5 Å². The van der Waals surface area contributed by atoms with Gasteiger partial charge in [0.25, 0.3) is 10.1 Å². The quantitative estimate of drug-likeness (QED) is 0.311. The number of hydrogen-bond donors (Lipinski definition) is 3. The zero-order valence-corrected chi connectivity index (χ0v) is 18.1. The van der Waals surface area contributed by atoms with E-state index in [4.69, 9.17) is 46.4 Å². The molecule has 0 amide bonds. The van der Waals surface area contributed by atoms with Crippen LogP contribution in [0, 0.1) is 0 Å². The number of phenolic OH excluding ortho intramolecular Hbond substituents is 2. The number of rotatable bonds is 4. The van der Waals surface area contributed by atoms with Crippen LogP contribution in [0.1, 0.15) is 16.7 Å². The van der Waals surface area contributed by atoms with Gasteiger partial charge >= 0.3 is 0 Å². The maximum atomic E-state index is 13.0. The zero-order valence-electron chi connectivity index (χ0n) is 14.3. The average molecular weight is 494 g/mol. The SMILES string of the molecule is O=S(=O)(O)C(c1cc(Cl)cc(Cl)c1)(c1cc(Cl)c(O)cc1O)c1ccccc1Cl. The Kier molecular flexibility index (Phi) is 5.98. The lowest BCUT2D eigenvalue weighted by Gasteiger charge is -2.34. The van der Waals surface area contributed by atoms with Gasteiger partial charge < -0.3 is 10.2 Å². The molecule has 0 aromatic heterocycles. The number of benzene rings is 3. The Hall–Kier alpha value is -1.67. The van der Waals surface area contributed by atoms with Gasteiger partial charge in [0.2, 0.25) is 0 Å². The maximum absolute atomic E-state index is 13.0. The first-order valence-electron chi connectivity index (χ1n) is 7.89. The Labute approximate surface area is 186 Å². The third-order valence-corrected chi connectivity index (χ3v) is 6.87. The Morgan fingerprint density at radius 2 is 1.31 bits per heavy atom. The van der Waals surface area contributed by atoms with Crippen molar-refractivity contribution >= 4 is 56.5 Å². The molecular formula is C19H12Cl4O5S. The van der Waals surface area contributed by atoms with E-state index in [0.717, 1.165) is 12.1 Å². The fourth-order valence-corrected chi connectivity index (χ4v) is 5.56. The molecule has 0 spiro atoms. The van der Waals surface area contributed by atoms with E-state index in [1.54, 1.807) is 6.07 Å². The van der Waals surface area contributed by atoms with E-state index in [2.05, 4.69) is 0 Å². The number of hydrogen-bond acceptors (Lipinski definition) is 4. The first-order chi connectivity index (χ1) is 13.5. The van der Waals surface area contributed by atoms with Crippen molar-refractivity contribution in [3.05, 3.63) is 91.4 Å². The van der Waals surface area contributed by atoms with E-state index in [1.807, 2.05) is 0 Å². The van der Waals surface area contributed by atoms with Gasteiger partial charge in [-0.2, -0.15) is 8.42 Å². The third-order valence-electron chi connectivity index (χ3n) is 4.35. The predicted molar refractivity (Wildman–Crippen MR) is 114 cm³/mol. The van der Waals surface area contributed by atoms with E-state index in [0.29, 0.717) is 0 Å². The second kappa shape index (κ2) is 7.87. The normalized spacial score (nSPS) is 13.8. The van der Waals surface area contributed by atoms with Gasteiger partial charge in [0.1, 0.15) is 11.5 Å². The van der Waals surface area contributed by atoms with Gasteiger partial charge in [-0.25, -0.2) is 0 Å². The lowest BCUT2D eigenvalue weighted by Crippen LogP contribution is -2.38. The molecule has 0 radical (unpaired) electrons. The number of aromatic hydroxyl groups is 2. The molecule has 0 aliphatic rings. The average Bonchev–Trinajstić information content (AvgIpc) is 2.59. The van der Waals surface area contributed by atoms with Gasteiger partial charge in [-0.3, -0.25) is 4.55 Å². The van der Waals surface area contributed by atoms with Crippen molar-refractivity contribution in [2.24, 2.45) is 0 Å². The van der Waals surface area contributed by atoms with Crippen LogP contribution in [-0.4, -0.2) is 23.2 Å². The van der Waals surface area contributed by atoms with Crippen LogP contribution in [0.15, 0.2) is 54.6 Å². The van der Waals surface area contributed by atoms with Crippen LogP contribution in [0.4, 0.5) is 0 Å². The Balaban J connectivity index is 2.63. The monoisotopic (exact) mass is 492 g/mol. The van der Waals surface area contributed by atoms with Crippen LogP contribution in [0.3, 0.4) is 0 Å². The highest BCUT2D eigenvalue weighted by atomic mass is 35.5. The van der Waals surface area contributed by atoms with Crippen LogP contribution in [-0.2, 0) is 14.9 Å². The second-order valence-corrected chi connectivity index (χ2v) is 9.36. The molecule has 1 unspecified atom stereocenters. The summed E-state index contributed by atoms with van der Waals surface area (Å²) in [5.74, 6) is -1.14. The Bertz CT molecular complexity index is 1190. The molecule has 0 bridgehead atoms. The molecule has 3 aromatic rings. The molecule has 3 rings (SSSR count). The van der Waals surface area contributed by atoms with Gasteiger partial charge in [0, 0.05) is 32.3 Å². The summed E-state index contributed by atoms with van der Waals surface area (Å²) in [4.78, 5) is 0. The summed E-state index contributed by atoms with van der Waals surface area (Å²) < 4.78 is 34.0. The highest BCUT2D eigenvalue weighted by Crippen LogP contribution is 2.51. The van der Waals surface area contributed by atoms with Crippen LogP contribution in [0.25, 0.3) is 0 Å². The largest absolute Gasteiger partial charge is 0.507 e. The minimum absolute atomic E-state index is 0.0233. The predicted octanol–water partition coefficient (Wildman–Crippen LogP) is 5.89. The molecular weight excluding hydrogens is 482 g/mol. The fraction of sp³-hybridized carbons (Fsp3) is 0.0526. The molecule has 5 nitrogen and oxygen atoms in total. The second-order valence-electron chi connectivity index (χ2n) is 6.11. The molecule has 0 fully saturated rings. The molecule has 0 aliphatic carbocycles. The van der Waals surface area contributed by atoms with Crippen LogP contribution in [0.2, 0.25) is 20.1 Å². The standard InChI is InChI=1S/C19H12Cl4O5S/c20-11-5-10(6-12(21)7-11)19(29(26,27)28,13-3-1-2-4-15(13)22)14-8-16(23)18(25)9-17(14)24/h1-9,24-25H,(H,26,27,28). The number of phenols is 2.